The molecule has 0 saturated carbocycles. The number of ether oxygens (including phenoxy) is 1. The third-order valence-electron chi connectivity index (χ3n) is 4.98. The summed E-state index contributed by atoms with van der Waals surface area (Å²) >= 11 is 0. The Kier molecular flexibility index (Phi) is 15.1. The van der Waals surface area contributed by atoms with Gasteiger partial charge in [0.05, 0.1) is 7.11 Å². The van der Waals surface area contributed by atoms with Crippen LogP contribution in [0, 0.1) is 6.92 Å². The van der Waals surface area contributed by atoms with Crippen LogP contribution in [0.1, 0.15) is 105 Å². The minimum Gasteiger partial charge on any atom is -0.496 e. The van der Waals surface area contributed by atoms with Crippen LogP contribution in [-0.2, 0) is 17.4 Å². The topological polar surface area (TPSA) is 12.5 Å². The van der Waals surface area contributed by atoms with Crippen molar-refractivity contribution in [1.82, 2.24) is 0 Å². The summed E-state index contributed by atoms with van der Waals surface area (Å²) in [7, 11) is 3.95. The molecule has 2 heteroatoms. The van der Waals surface area contributed by atoms with E-state index < -0.39 is 0 Å². The number of hydrogen-bond donors (Lipinski definition) is 0. The van der Waals surface area contributed by atoms with Crippen LogP contribution in [0.5, 0.6) is 5.75 Å². The Morgan fingerprint density at radius 2 is 1.28 bits per heavy atom. The Morgan fingerprint density at radius 1 is 0.781 bits per heavy atom. The first-order valence-corrected chi connectivity index (χ1v) is 12.4. The molecule has 0 N–H and O–H groups in total. The highest BCUT2D eigenvalue weighted by Gasteiger charge is 2.26. The summed E-state index contributed by atoms with van der Waals surface area (Å²) in [6.07, 6.45) is 0. The molecule has 0 atom stereocenters. The summed E-state index contributed by atoms with van der Waals surface area (Å²) in [5, 5.41) is 0. The van der Waals surface area contributed by atoms with E-state index in [1.54, 1.807) is 7.11 Å². The van der Waals surface area contributed by atoms with Crippen molar-refractivity contribution in [2.75, 3.05) is 19.1 Å². The van der Waals surface area contributed by atoms with E-state index in [1.165, 1.54) is 27.9 Å². The van der Waals surface area contributed by atoms with Crippen LogP contribution in [0.4, 0.5) is 5.69 Å². The third kappa shape index (κ3) is 9.27. The maximum Gasteiger partial charge on any atom is 0.127 e. The van der Waals surface area contributed by atoms with Gasteiger partial charge in [-0.15, -0.1) is 0 Å². The van der Waals surface area contributed by atoms with Crippen molar-refractivity contribution in [2.24, 2.45) is 0 Å². The van der Waals surface area contributed by atoms with Crippen molar-refractivity contribution in [1.29, 1.82) is 0 Å². The summed E-state index contributed by atoms with van der Waals surface area (Å²) in [5.41, 5.74) is 6.56. The van der Waals surface area contributed by atoms with Crippen LogP contribution in [0.25, 0.3) is 0 Å². The number of nitrogens with zero attached hydrogens (tertiary/aromatic N) is 1. The normalized spacial score (nSPS) is 10.5. The number of rotatable bonds is 4. The lowest BCUT2D eigenvalue weighted by Crippen LogP contribution is -2.22. The molecule has 0 aliphatic carbocycles. The Hall–Kier alpha value is -1.96. The van der Waals surface area contributed by atoms with Gasteiger partial charge < -0.3 is 9.64 Å². The first-order valence-electron chi connectivity index (χ1n) is 12.4. The maximum absolute atomic E-state index is 5.91. The molecule has 0 aromatic heterocycles. The zero-order chi connectivity index (χ0) is 25.7. The molecular weight excluding hydrogens is 390 g/mol. The smallest absolute Gasteiger partial charge is 0.127 e. The van der Waals surface area contributed by atoms with Crippen LogP contribution in [0.2, 0.25) is 0 Å². The van der Waals surface area contributed by atoms with E-state index in [2.05, 4.69) is 96.8 Å². The maximum atomic E-state index is 5.91. The number of aryl methyl sites for hydroxylation is 1. The van der Waals surface area contributed by atoms with E-state index in [4.69, 9.17) is 4.74 Å². The summed E-state index contributed by atoms with van der Waals surface area (Å²) in [5.74, 6) is 1.02. The number of anilines is 1. The number of benzene rings is 2. The van der Waals surface area contributed by atoms with E-state index in [-0.39, 0.29) is 10.8 Å². The predicted octanol–water partition coefficient (Wildman–Crippen LogP) is 9.31. The Bertz CT molecular complexity index is 763. The zero-order valence-corrected chi connectivity index (χ0v) is 24.0. The molecule has 0 heterocycles. The predicted molar refractivity (Wildman–Crippen MR) is 148 cm³/mol. The number of methoxy groups -OCH3 is 1. The van der Waals surface area contributed by atoms with Gasteiger partial charge in [-0.2, -0.15) is 0 Å². The second kappa shape index (κ2) is 15.0. The first kappa shape index (κ1) is 32.2. The van der Waals surface area contributed by atoms with E-state index in [0.717, 1.165) is 12.3 Å². The molecule has 32 heavy (non-hydrogen) atoms. The van der Waals surface area contributed by atoms with Crippen molar-refractivity contribution in [3.8, 4) is 5.75 Å². The second-order valence-corrected chi connectivity index (χ2v) is 9.36. The van der Waals surface area contributed by atoms with Crippen LogP contribution in [0.3, 0.4) is 0 Å². The highest BCUT2D eigenvalue weighted by atomic mass is 16.5. The minimum atomic E-state index is 0.0303. The molecule has 0 radical (unpaired) electrons. The van der Waals surface area contributed by atoms with E-state index in [1.807, 2.05) is 41.5 Å². The lowest BCUT2D eigenvalue weighted by Gasteiger charge is -2.30. The third-order valence-corrected chi connectivity index (χ3v) is 4.98. The quantitative estimate of drug-likeness (QED) is 0.466. The molecule has 0 aliphatic rings. The van der Waals surface area contributed by atoms with Crippen molar-refractivity contribution in [3.63, 3.8) is 0 Å². The molecule has 0 aliphatic heterocycles. The fourth-order valence-corrected chi connectivity index (χ4v) is 3.37. The Balaban J connectivity index is 0. The summed E-state index contributed by atoms with van der Waals surface area (Å²) in [4.78, 5) is 2.31. The molecule has 0 bridgehead atoms. The van der Waals surface area contributed by atoms with E-state index in [9.17, 15) is 0 Å². The highest BCUT2D eigenvalue weighted by molar-refractivity contribution is 5.55. The lowest BCUT2D eigenvalue weighted by molar-refractivity contribution is 0.391. The molecule has 0 saturated heterocycles. The fourth-order valence-electron chi connectivity index (χ4n) is 3.37. The first-order chi connectivity index (χ1) is 14.9. The highest BCUT2D eigenvalue weighted by Crippen LogP contribution is 2.39. The van der Waals surface area contributed by atoms with Crippen molar-refractivity contribution >= 4 is 5.69 Å². The van der Waals surface area contributed by atoms with E-state index in [0.29, 0.717) is 0 Å². The van der Waals surface area contributed by atoms with Crippen LogP contribution < -0.4 is 9.64 Å². The van der Waals surface area contributed by atoms with Crippen molar-refractivity contribution in [3.05, 3.63) is 58.7 Å². The van der Waals surface area contributed by atoms with Crippen molar-refractivity contribution in [2.45, 2.75) is 107 Å². The van der Waals surface area contributed by atoms with Gasteiger partial charge in [-0.1, -0.05) is 107 Å². The Labute approximate surface area is 201 Å². The summed E-state index contributed by atoms with van der Waals surface area (Å²) < 4.78 is 5.91. The molecule has 0 spiro atoms. The van der Waals surface area contributed by atoms with Gasteiger partial charge in [-0.3, -0.25) is 0 Å². The molecule has 0 fully saturated rings. The molecule has 2 aromatic rings. The molecule has 0 amide bonds. The van der Waals surface area contributed by atoms with Gasteiger partial charge in [0.1, 0.15) is 5.75 Å². The largest absolute Gasteiger partial charge is 0.496 e. The summed E-state index contributed by atoms with van der Waals surface area (Å²) in [6.45, 7) is 28.6. The van der Waals surface area contributed by atoms with Crippen molar-refractivity contribution < 1.29 is 4.74 Å². The average molecular weight is 444 g/mol. The standard InChI is InChI=1S/C24H35NO.3C2H6/c1-17-12-10-11-13-21(17)25(8)16-18-14-19(23(2,3)4)15-20(22(18)26-9)24(5,6)7;3*1-2/h10-15H,16H2,1-9H3;3*1-2H3. The second-order valence-electron chi connectivity index (χ2n) is 9.36. The van der Waals surface area contributed by atoms with Gasteiger partial charge >= 0.3 is 0 Å². The number of para-hydroxylation sites is 1. The summed E-state index contributed by atoms with van der Waals surface area (Å²) in [6, 6.07) is 13.2. The Morgan fingerprint density at radius 3 is 1.69 bits per heavy atom. The molecular formula is C30H53NO. The van der Waals surface area contributed by atoms with Gasteiger partial charge in [-0.05, 0) is 41.0 Å². The van der Waals surface area contributed by atoms with Gasteiger partial charge in [0.25, 0.3) is 0 Å². The fraction of sp³-hybridized carbons (Fsp3) is 0.600. The van der Waals surface area contributed by atoms with Crippen LogP contribution in [-0.4, -0.2) is 14.2 Å². The monoisotopic (exact) mass is 443 g/mol. The van der Waals surface area contributed by atoms with Gasteiger partial charge in [-0.25, -0.2) is 0 Å². The van der Waals surface area contributed by atoms with Gasteiger partial charge in [0.15, 0.2) is 0 Å². The average Bonchev–Trinajstić information content (AvgIpc) is 2.76. The molecule has 184 valence electrons. The van der Waals surface area contributed by atoms with Crippen LogP contribution in [0.15, 0.2) is 36.4 Å². The number of hydrogen-bond acceptors (Lipinski definition) is 2. The lowest BCUT2D eigenvalue weighted by atomic mass is 9.79. The molecule has 2 rings (SSSR count). The SMILES string of the molecule is CC.CC.CC.COc1c(CN(C)c2ccccc2C)cc(C(C)(C)C)cc1C(C)(C)C. The molecule has 2 nitrogen and oxygen atoms in total. The van der Waals surface area contributed by atoms with Gasteiger partial charge in [0.2, 0.25) is 0 Å². The zero-order valence-electron chi connectivity index (χ0n) is 24.0. The van der Waals surface area contributed by atoms with E-state index >= 15 is 0 Å². The van der Waals surface area contributed by atoms with Crippen LogP contribution >= 0.6 is 0 Å². The molecule has 0 unspecified atom stereocenters. The minimum absolute atomic E-state index is 0.0303. The molecule has 2 aromatic carbocycles. The van der Waals surface area contributed by atoms with Gasteiger partial charge in [0, 0.05) is 30.4 Å².